The molecular formula is C25H29N5O5S. The molecule has 0 saturated carbocycles. The van der Waals surface area contributed by atoms with Gasteiger partial charge in [-0.25, -0.2) is 8.42 Å². The van der Waals surface area contributed by atoms with Gasteiger partial charge in [-0.3, -0.25) is 9.40 Å². The Kier molecular flexibility index (Phi) is 6.59. The second kappa shape index (κ2) is 9.82. The van der Waals surface area contributed by atoms with Crippen LogP contribution in [0, 0.1) is 0 Å². The van der Waals surface area contributed by atoms with Gasteiger partial charge in [-0.15, -0.1) is 0 Å². The van der Waals surface area contributed by atoms with E-state index in [2.05, 4.69) is 20.3 Å². The molecule has 0 aliphatic carbocycles. The van der Waals surface area contributed by atoms with E-state index in [0.29, 0.717) is 29.7 Å². The number of methoxy groups -OCH3 is 2. The number of anilines is 1. The maximum atomic E-state index is 13.3. The number of benzene rings is 2. The molecule has 0 amide bonds. The fraction of sp³-hybridized carbons (Fsp3) is 0.360. The minimum absolute atomic E-state index is 0.0324. The summed E-state index contributed by atoms with van der Waals surface area (Å²) >= 11 is 0. The number of rotatable bonds is 8. The van der Waals surface area contributed by atoms with Crippen molar-refractivity contribution in [2.45, 2.75) is 37.6 Å². The SMILES string of the molecule is CCc1ccc(OC)c(S(=O)(=O)Nc2noc3cc(Cn4ncc5c4CCNCC5)cc(OC)c23)c1. The molecule has 11 heteroatoms. The Hall–Kier alpha value is -3.57. The van der Waals surface area contributed by atoms with Crippen LogP contribution in [0.5, 0.6) is 11.5 Å². The van der Waals surface area contributed by atoms with Crippen molar-refractivity contribution in [1.29, 1.82) is 0 Å². The van der Waals surface area contributed by atoms with Crippen molar-refractivity contribution in [3.63, 3.8) is 0 Å². The van der Waals surface area contributed by atoms with Crippen LogP contribution in [0.25, 0.3) is 11.0 Å². The molecule has 0 radical (unpaired) electrons. The molecule has 190 valence electrons. The summed E-state index contributed by atoms with van der Waals surface area (Å²) < 4.78 is 47.6. The summed E-state index contributed by atoms with van der Waals surface area (Å²) in [4.78, 5) is 0.0324. The number of hydrogen-bond donors (Lipinski definition) is 2. The van der Waals surface area contributed by atoms with E-state index >= 15 is 0 Å². The number of fused-ring (bicyclic) bond motifs is 2. The standard InChI is InChI=1S/C25H29N5O5S/c1-4-16-5-6-20(33-2)23(13-16)36(31,32)29-25-24-21(34-3)11-17(12-22(24)35-28-25)15-30-19-8-10-26-9-7-18(19)14-27-30/h5-6,11-14,26H,4,7-10,15H2,1-3H3,(H,28,29). The van der Waals surface area contributed by atoms with Gasteiger partial charge in [0, 0.05) is 18.7 Å². The van der Waals surface area contributed by atoms with Crippen LogP contribution in [0.15, 0.2) is 45.9 Å². The largest absolute Gasteiger partial charge is 0.496 e. The summed E-state index contributed by atoms with van der Waals surface area (Å²) in [7, 11) is -1.05. The van der Waals surface area contributed by atoms with E-state index in [-0.39, 0.29) is 16.5 Å². The van der Waals surface area contributed by atoms with Crippen molar-refractivity contribution >= 4 is 26.8 Å². The molecule has 0 bridgehead atoms. The van der Waals surface area contributed by atoms with Gasteiger partial charge < -0.3 is 19.3 Å². The van der Waals surface area contributed by atoms with Crippen molar-refractivity contribution in [1.82, 2.24) is 20.3 Å². The lowest BCUT2D eigenvalue weighted by molar-refractivity contribution is 0.402. The molecule has 2 aromatic heterocycles. The molecular weight excluding hydrogens is 482 g/mol. The molecule has 0 spiro atoms. The van der Waals surface area contributed by atoms with Crippen LogP contribution in [0.1, 0.15) is 29.3 Å². The van der Waals surface area contributed by atoms with Gasteiger partial charge in [0.05, 0.1) is 27.0 Å². The average molecular weight is 512 g/mol. The number of nitrogens with zero attached hydrogens (tertiary/aromatic N) is 3. The normalized spacial score (nSPS) is 13.9. The second-order valence-corrected chi connectivity index (χ2v) is 10.3. The highest BCUT2D eigenvalue weighted by molar-refractivity contribution is 7.92. The van der Waals surface area contributed by atoms with E-state index in [4.69, 9.17) is 14.0 Å². The van der Waals surface area contributed by atoms with Gasteiger partial charge in [0.25, 0.3) is 10.0 Å². The third-order valence-electron chi connectivity index (χ3n) is 6.45. The van der Waals surface area contributed by atoms with Crippen LogP contribution in [-0.4, -0.2) is 50.7 Å². The molecule has 1 aliphatic heterocycles. The Labute approximate surface area is 209 Å². The third-order valence-corrected chi connectivity index (χ3v) is 7.81. The zero-order valence-electron chi connectivity index (χ0n) is 20.5. The molecule has 0 unspecified atom stereocenters. The Balaban J connectivity index is 1.48. The zero-order valence-corrected chi connectivity index (χ0v) is 21.3. The van der Waals surface area contributed by atoms with Crippen LogP contribution in [0.4, 0.5) is 5.82 Å². The number of sulfonamides is 1. The minimum atomic E-state index is -4.01. The topological polar surface area (TPSA) is 121 Å². The van der Waals surface area contributed by atoms with Crippen molar-refractivity contribution in [2.24, 2.45) is 0 Å². The predicted octanol–water partition coefficient (Wildman–Crippen LogP) is 3.14. The van der Waals surface area contributed by atoms with Gasteiger partial charge in [-0.1, -0.05) is 18.1 Å². The molecule has 1 aliphatic rings. The lowest BCUT2D eigenvalue weighted by Gasteiger charge is -2.12. The molecule has 0 saturated heterocycles. The van der Waals surface area contributed by atoms with Crippen LogP contribution in [0.2, 0.25) is 0 Å². The summed E-state index contributed by atoms with van der Waals surface area (Å²) in [5, 5.41) is 12.5. The first-order chi connectivity index (χ1) is 17.4. The Morgan fingerprint density at radius 3 is 2.67 bits per heavy atom. The molecule has 3 heterocycles. The first-order valence-electron chi connectivity index (χ1n) is 11.8. The lowest BCUT2D eigenvalue weighted by atomic mass is 10.1. The van der Waals surface area contributed by atoms with Gasteiger partial charge in [-0.2, -0.15) is 5.10 Å². The highest BCUT2D eigenvalue weighted by atomic mass is 32.2. The van der Waals surface area contributed by atoms with E-state index in [1.165, 1.54) is 25.5 Å². The predicted molar refractivity (Wildman–Crippen MR) is 135 cm³/mol. The molecule has 0 atom stereocenters. The van der Waals surface area contributed by atoms with E-state index in [1.54, 1.807) is 12.1 Å². The van der Waals surface area contributed by atoms with Crippen LogP contribution in [-0.2, 0) is 35.8 Å². The number of aromatic nitrogens is 3. The van der Waals surface area contributed by atoms with Gasteiger partial charge in [0.1, 0.15) is 21.8 Å². The third kappa shape index (κ3) is 4.51. The number of ether oxygens (including phenoxy) is 2. The lowest BCUT2D eigenvalue weighted by Crippen LogP contribution is -2.17. The molecule has 36 heavy (non-hydrogen) atoms. The fourth-order valence-electron chi connectivity index (χ4n) is 4.56. The Morgan fingerprint density at radius 2 is 1.89 bits per heavy atom. The number of hydrogen-bond acceptors (Lipinski definition) is 8. The molecule has 2 N–H and O–H groups in total. The molecule has 0 fully saturated rings. The smallest absolute Gasteiger partial charge is 0.266 e. The van der Waals surface area contributed by atoms with Gasteiger partial charge in [0.2, 0.25) is 0 Å². The van der Waals surface area contributed by atoms with Crippen LogP contribution < -0.4 is 19.5 Å². The van der Waals surface area contributed by atoms with Gasteiger partial charge in [-0.05, 0) is 60.3 Å². The molecule has 10 nitrogen and oxygen atoms in total. The quantitative estimate of drug-likeness (QED) is 0.370. The first-order valence-corrected chi connectivity index (χ1v) is 13.3. The second-order valence-electron chi connectivity index (χ2n) is 8.67. The first kappa shape index (κ1) is 24.1. The molecule has 4 aromatic rings. The summed E-state index contributed by atoms with van der Waals surface area (Å²) in [6.45, 7) is 4.35. The highest BCUT2D eigenvalue weighted by Gasteiger charge is 2.25. The van der Waals surface area contributed by atoms with Gasteiger partial charge >= 0.3 is 0 Å². The summed E-state index contributed by atoms with van der Waals surface area (Å²) in [6, 6.07) is 8.78. The van der Waals surface area contributed by atoms with Crippen molar-refractivity contribution in [3.05, 3.63) is 58.9 Å². The summed E-state index contributed by atoms with van der Waals surface area (Å²) in [5.41, 5.74) is 4.66. The maximum absolute atomic E-state index is 13.3. The number of aryl methyl sites for hydroxylation is 1. The highest BCUT2D eigenvalue weighted by Crippen LogP contribution is 2.36. The number of nitrogens with one attached hydrogen (secondary N) is 2. The Morgan fingerprint density at radius 1 is 1.08 bits per heavy atom. The van der Waals surface area contributed by atoms with E-state index < -0.39 is 10.0 Å². The maximum Gasteiger partial charge on any atom is 0.266 e. The average Bonchev–Trinajstić information content (AvgIpc) is 3.37. The van der Waals surface area contributed by atoms with Crippen LogP contribution in [0.3, 0.4) is 0 Å². The molecule has 5 rings (SSSR count). The molecule has 2 aromatic carbocycles. The minimum Gasteiger partial charge on any atom is -0.496 e. The Bertz CT molecular complexity index is 1510. The summed E-state index contributed by atoms with van der Waals surface area (Å²) in [5.74, 6) is 0.752. The fourth-order valence-corrected chi connectivity index (χ4v) is 5.78. The zero-order chi connectivity index (χ0) is 25.3. The van der Waals surface area contributed by atoms with Crippen molar-refractivity contribution in [3.8, 4) is 11.5 Å². The summed E-state index contributed by atoms with van der Waals surface area (Å²) in [6.07, 6.45) is 4.48. The van der Waals surface area contributed by atoms with E-state index in [0.717, 1.165) is 37.1 Å². The van der Waals surface area contributed by atoms with E-state index in [9.17, 15) is 8.42 Å². The van der Waals surface area contributed by atoms with E-state index in [1.807, 2.05) is 36.0 Å². The van der Waals surface area contributed by atoms with Gasteiger partial charge in [0.15, 0.2) is 11.4 Å². The van der Waals surface area contributed by atoms with Crippen molar-refractivity contribution < 1.29 is 22.4 Å². The van der Waals surface area contributed by atoms with Crippen LogP contribution >= 0.6 is 0 Å². The van der Waals surface area contributed by atoms with Crippen molar-refractivity contribution in [2.75, 3.05) is 32.0 Å². The monoisotopic (exact) mass is 511 g/mol.